The minimum Gasteiger partial charge on any atom is -0.471 e. The lowest BCUT2D eigenvalue weighted by Gasteiger charge is -2.68. The number of rotatable bonds is 13. The van der Waals surface area contributed by atoms with E-state index in [9.17, 15) is 9.59 Å². The smallest absolute Gasteiger partial charge is 0.279 e. The third-order valence-electron chi connectivity index (χ3n) is 10.4. The fourth-order valence-corrected chi connectivity index (χ4v) is 8.72. The van der Waals surface area contributed by atoms with Gasteiger partial charge in [0.25, 0.3) is 5.91 Å². The number of primary amides is 2. The first-order chi connectivity index (χ1) is 19.1. The molecule has 218 valence electrons. The number of nitrogens with zero attached hydrogens (tertiary/aromatic N) is 2. The molecule has 4 N–H and O–H groups in total. The van der Waals surface area contributed by atoms with Crippen molar-refractivity contribution in [3.8, 4) is 5.88 Å². The number of fused-ring (bicyclic) bond motifs is 1. The maximum atomic E-state index is 13.7. The maximum Gasteiger partial charge on any atom is 0.279 e. The molecule has 0 saturated heterocycles. The number of unbranched alkanes of at least 4 members (excludes halogenated alkanes) is 1. The number of likely N-dealkylation sites (N-methyl/N-ethyl adjacent to an activating group) is 1. The molecule has 8 heteroatoms. The number of hydrogen-bond donors (Lipinski definition) is 2. The van der Waals surface area contributed by atoms with Crippen LogP contribution in [0.1, 0.15) is 64.5 Å². The van der Waals surface area contributed by atoms with Crippen molar-refractivity contribution in [2.45, 2.75) is 76.9 Å². The van der Waals surface area contributed by atoms with Gasteiger partial charge in [0.05, 0.1) is 31.5 Å². The van der Waals surface area contributed by atoms with E-state index >= 15 is 0 Å². The van der Waals surface area contributed by atoms with E-state index in [0.29, 0.717) is 43.0 Å². The Bertz CT molecular complexity index is 1260. The van der Waals surface area contributed by atoms with Crippen LogP contribution in [-0.2, 0) is 20.7 Å². The minimum atomic E-state index is -0.865. The molecule has 6 rings (SSSR count). The van der Waals surface area contributed by atoms with Crippen molar-refractivity contribution in [3.05, 3.63) is 36.0 Å². The Kier molecular flexibility index (Phi) is 7.87. The molecule has 4 aliphatic rings. The average molecular weight is 552 g/mol. The van der Waals surface area contributed by atoms with Gasteiger partial charge in [0.15, 0.2) is 5.54 Å². The number of quaternary nitrogens is 1. The number of nitrogens with two attached hydrogens (primary N) is 2. The van der Waals surface area contributed by atoms with Gasteiger partial charge in [0.1, 0.15) is 13.2 Å². The van der Waals surface area contributed by atoms with Crippen molar-refractivity contribution < 1.29 is 23.5 Å². The van der Waals surface area contributed by atoms with Gasteiger partial charge < -0.3 is 25.4 Å². The van der Waals surface area contributed by atoms with Crippen LogP contribution in [0.25, 0.3) is 10.8 Å². The summed E-state index contributed by atoms with van der Waals surface area (Å²) < 4.78 is 13.2. The highest BCUT2D eigenvalue weighted by Crippen LogP contribution is 2.66. The highest BCUT2D eigenvalue weighted by atomic mass is 16.5. The molecule has 6 unspecified atom stereocenters. The first-order valence-corrected chi connectivity index (χ1v) is 15.2. The van der Waals surface area contributed by atoms with Crippen molar-refractivity contribution in [3.63, 3.8) is 0 Å². The third kappa shape index (κ3) is 4.57. The Balaban J connectivity index is 1.44. The molecular weight excluding hydrogens is 504 g/mol. The molecule has 2 aromatic rings. The van der Waals surface area contributed by atoms with Gasteiger partial charge in [0.2, 0.25) is 11.8 Å². The number of ether oxygens (including phenoxy) is 2. The monoisotopic (exact) mass is 551 g/mol. The largest absolute Gasteiger partial charge is 0.471 e. The summed E-state index contributed by atoms with van der Waals surface area (Å²) in [5, 5.41) is 2.11. The van der Waals surface area contributed by atoms with Crippen molar-refractivity contribution >= 4 is 22.6 Å². The zero-order valence-corrected chi connectivity index (χ0v) is 24.7. The van der Waals surface area contributed by atoms with Crippen LogP contribution in [0.4, 0.5) is 0 Å². The molecule has 0 spiro atoms. The lowest BCUT2D eigenvalue weighted by atomic mass is 9.41. The van der Waals surface area contributed by atoms with Crippen molar-refractivity contribution in [1.82, 2.24) is 4.98 Å². The SMILES string of the molecule is CCCCc1cc2ccccc2c(OCC[N+](C)(C)C2(C(N)=O)C3CC4CC(C(N)=O)(C3)CC2C4OCCC)n1. The lowest BCUT2D eigenvalue weighted by Crippen LogP contribution is -2.82. The van der Waals surface area contributed by atoms with Gasteiger partial charge in [-0.25, -0.2) is 4.98 Å². The van der Waals surface area contributed by atoms with Crippen LogP contribution < -0.4 is 16.2 Å². The van der Waals surface area contributed by atoms with Gasteiger partial charge in [0, 0.05) is 23.6 Å². The van der Waals surface area contributed by atoms with E-state index in [1.807, 2.05) is 18.2 Å². The van der Waals surface area contributed by atoms with Crippen LogP contribution in [-0.4, -0.2) is 66.8 Å². The topological polar surface area (TPSA) is 118 Å². The molecule has 1 heterocycles. The Morgan fingerprint density at radius 3 is 2.52 bits per heavy atom. The van der Waals surface area contributed by atoms with Gasteiger partial charge in [-0.05, 0) is 68.4 Å². The van der Waals surface area contributed by atoms with Gasteiger partial charge >= 0.3 is 0 Å². The van der Waals surface area contributed by atoms with Crippen molar-refractivity contribution in [1.29, 1.82) is 0 Å². The van der Waals surface area contributed by atoms with Crippen LogP contribution in [0.3, 0.4) is 0 Å². The minimum absolute atomic E-state index is 0.0252. The van der Waals surface area contributed by atoms with E-state index in [1.165, 1.54) is 0 Å². The number of carbonyl (C=O) groups is 2. The molecule has 4 aliphatic carbocycles. The van der Waals surface area contributed by atoms with Crippen LogP contribution in [0, 0.1) is 23.2 Å². The lowest BCUT2D eigenvalue weighted by molar-refractivity contribution is -0.944. The Hall–Kier alpha value is -2.71. The number of aromatic nitrogens is 1. The zero-order chi connectivity index (χ0) is 28.7. The summed E-state index contributed by atoms with van der Waals surface area (Å²) in [7, 11) is 4.18. The molecule has 40 heavy (non-hydrogen) atoms. The highest BCUT2D eigenvalue weighted by Gasteiger charge is 2.75. The van der Waals surface area contributed by atoms with E-state index < -0.39 is 11.0 Å². The summed E-state index contributed by atoms with van der Waals surface area (Å²) in [6.45, 7) is 5.86. The number of benzene rings is 1. The molecule has 1 aromatic carbocycles. The summed E-state index contributed by atoms with van der Waals surface area (Å²) in [4.78, 5) is 31.3. The predicted octanol–water partition coefficient (Wildman–Crippen LogP) is 3.97. The highest BCUT2D eigenvalue weighted by molar-refractivity contribution is 5.88. The number of hydrogen-bond acceptors (Lipinski definition) is 5. The summed E-state index contributed by atoms with van der Waals surface area (Å²) in [5.41, 5.74) is 12.0. The molecule has 4 fully saturated rings. The van der Waals surface area contributed by atoms with E-state index in [4.69, 9.17) is 25.9 Å². The molecule has 4 saturated carbocycles. The molecule has 6 atom stereocenters. The second-order valence-corrected chi connectivity index (χ2v) is 13.1. The van der Waals surface area contributed by atoms with Crippen molar-refractivity contribution in [2.24, 2.45) is 34.6 Å². The van der Waals surface area contributed by atoms with Crippen molar-refractivity contribution in [2.75, 3.05) is 33.9 Å². The van der Waals surface area contributed by atoms with Crippen LogP contribution in [0.5, 0.6) is 5.88 Å². The molecule has 0 radical (unpaired) electrons. The Labute approximate surface area is 238 Å². The fourth-order valence-electron chi connectivity index (χ4n) is 8.72. The van der Waals surface area contributed by atoms with Gasteiger partial charge in [-0.3, -0.25) is 9.59 Å². The molecule has 4 bridgehead atoms. The molecule has 0 aliphatic heterocycles. The fraction of sp³-hybridized carbons (Fsp3) is 0.656. The normalized spacial score (nSPS) is 31.0. The average Bonchev–Trinajstić information content (AvgIpc) is 2.91. The molecule has 2 amide bonds. The summed E-state index contributed by atoms with van der Waals surface area (Å²) in [6, 6.07) is 10.3. The quantitative estimate of drug-likeness (QED) is 0.365. The van der Waals surface area contributed by atoms with E-state index in [-0.39, 0.29) is 35.7 Å². The molecule has 1 aromatic heterocycles. The molecule has 8 nitrogen and oxygen atoms in total. The zero-order valence-electron chi connectivity index (χ0n) is 24.7. The van der Waals surface area contributed by atoms with E-state index in [2.05, 4.69) is 40.1 Å². The van der Waals surface area contributed by atoms with Crippen LogP contribution in [0.2, 0.25) is 0 Å². The Morgan fingerprint density at radius 2 is 1.82 bits per heavy atom. The number of amides is 2. The second kappa shape index (κ2) is 10.9. The summed E-state index contributed by atoms with van der Waals surface area (Å²) >= 11 is 0. The Morgan fingerprint density at radius 1 is 1.05 bits per heavy atom. The van der Waals surface area contributed by atoms with E-state index in [0.717, 1.165) is 55.0 Å². The standard InChI is InChI=1S/C32H46N4O4/c1-5-7-11-24-17-21-10-8-9-12-25(21)28(35-24)40-15-13-36(3,4)32(30(34)38)23-16-22-18-31(19-23,29(33)37)20-26(32)27(22)39-14-6-2/h8-10,12,17,22-23,26-27H,5-7,11,13-16,18-20H2,1-4H3,(H3-,33,34,37,38)/p+1. The van der Waals surface area contributed by atoms with Gasteiger partial charge in [-0.2, -0.15) is 0 Å². The first-order valence-electron chi connectivity index (χ1n) is 15.2. The number of aryl methyl sites for hydroxylation is 1. The second-order valence-electron chi connectivity index (χ2n) is 13.1. The predicted molar refractivity (Wildman–Crippen MR) is 155 cm³/mol. The van der Waals surface area contributed by atoms with Gasteiger partial charge in [-0.15, -0.1) is 0 Å². The molecular formula is C32H47N4O4+. The first kappa shape index (κ1) is 28.8. The number of carbonyl (C=O) groups excluding carboxylic acids is 2. The maximum absolute atomic E-state index is 13.7. The summed E-state index contributed by atoms with van der Waals surface area (Å²) in [6.07, 6.45) is 6.65. The third-order valence-corrected chi connectivity index (χ3v) is 10.4. The van der Waals surface area contributed by atoms with Crippen LogP contribution in [0.15, 0.2) is 30.3 Å². The van der Waals surface area contributed by atoms with E-state index in [1.54, 1.807) is 0 Å². The van der Waals surface area contributed by atoms with Gasteiger partial charge in [-0.1, -0.05) is 38.5 Å². The van der Waals surface area contributed by atoms with Crippen LogP contribution >= 0.6 is 0 Å². The summed E-state index contributed by atoms with van der Waals surface area (Å²) in [5.74, 6) is 0.125. The number of pyridine rings is 1.